The molecule has 0 aromatic heterocycles. The number of sulfonamides is 1. The third-order valence-electron chi connectivity index (χ3n) is 4.84. The normalized spacial score (nSPS) is 21.0. The van der Waals surface area contributed by atoms with Crippen LogP contribution in [-0.4, -0.2) is 74.7 Å². The molecule has 3 rings (SSSR count). The predicted octanol–water partition coefficient (Wildman–Crippen LogP) is 1.25. The summed E-state index contributed by atoms with van der Waals surface area (Å²) in [6.45, 7) is 3.97. The van der Waals surface area contributed by atoms with E-state index in [9.17, 15) is 13.2 Å². The fraction of sp³-hybridized carbons (Fsp3) is 0.588. The first-order chi connectivity index (χ1) is 11.5. The molecule has 132 valence electrons. The maximum absolute atomic E-state index is 13.0. The van der Waals surface area contributed by atoms with E-state index in [0.29, 0.717) is 31.7 Å². The summed E-state index contributed by atoms with van der Waals surface area (Å²) in [7, 11) is -1.59. The predicted molar refractivity (Wildman–Crippen MR) is 92.5 cm³/mol. The summed E-state index contributed by atoms with van der Waals surface area (Å²) < 4.78 is 27.5. The van der Waals surface area contributed by atoms with Crippen LogP contribution in [0.3, 0.4) is 0 Å². The van der Waals surface area contributed by atoms with Crippen LogP contribution in [0.4, 0.5) is 0 Å². The minimum Gasteiger partial charge on any atom is -0.336 e. The number of hydrogen-bond donors (Lipinski definition) is 0. The smallest absolute Gasteiger partial charge is 0.255 e. The lowest BCUT2D eigenvalue weighted by Gasteiger charge is -2.33. The minimum absolute atomic E-state index is 0.149. The van der Waals surface area contributed by atoms with Crippen molar-refractivity contribution in [2.24, 2.45) is 0 Å². The first kappa shape index (κ1) is 17.4. The lowest BCUT2D eigenvalue weighted by Crippen LogP contribution is -2.47. The summed E-state index contributed by atoms with van der Waals surface area (Å²) in [6, 6.07) is 6.63. The van der Waals surface area contributed by atoms with E-state index < -0.39 is 10.0 Å². The average molecular weight is 351 g/mol. The monoisotopic (exact) mass is 351 g/mol. The Balaban J connectivity index is 1.89. The van der Waals surface area contributed by atoms with Crippen molar-refractivity contribution in [3.05, 3.63) is 29.8 Å². The van der Waals surface area contributed by atoms with Gasteiger partial charge >= 0.3 is 0 Å². The second-order valence-corrected chi connectivity index (χ2v) is 8.46. The number of rotatable bonds is 3. The largest absolute Gasteiger partial charge is 0.336 e. The molecule has 0 N–H and O–H groups in total. The number of hydrogen-bond acceptors (Lipinski definition) is 4. The van der Waals surface area contributed by atoms with Crippen LogP contribution in [0.15, 0.2) is 29.2 Å². The Kier molecular flexibility index (Phi) is 5.22. The second-order valence-electron chi connectivity index (χ2n) is 6.56. The number of nitrogens with zero attached hydrogens (tertiary/aromatic N) is 3. The van der Waals surface area contributed by atoms with Gasteiger partial charge in [0.1, 0.15) is 0 Å². The highest BCUT2D eigenvalue weighted by molar-refractivity contribution is 7.89. The van der Waals surface area contributed by atoms with E-state index in [4.69, 9.17) is 0 Å². The van der Waals surface area contributed by atoms with Crippen molar-refractivity contribution in [2.75, 3.05) is 46.3 Å². The van der Waals surface area contributed by atoms with Gasteiger partial charge in [-0.05, 0) is 32.0 Å². The molecule has 1 amide bonds. The van der Waals surface area contributed by atoms with Crippen molar-refractivity contribution in [2.45, 2.75) is 24.2 Å². The van der Waals surface area contributed by atoms with Crippen molar-refractivity contribution in [1.29, 1.82) is 0 Å². The summed E-state index contributed by atoms with van der Waals surface area (Å²) in [5, 5.41) is 0. The highest BCUT2D eigenvalue weighted by atomic mass is 32.2. The third-order valence-corrected chi connectivity index (χ3v) is 6.80. The van der Waals surface area contributed by atoms with Gasteiger partial charge in [0, 0.05) is 39.3 Å². The van der Waals surface area contributed by atoms with Gasteiger partial charge in [0.25, 0.3) is 5.91 Å². The number of piperazine rings is 1. The zero-order valence-electron chi connectivity index (χ0n) is 14.1. The molecule has 2 saturated heterocycles. The number of carbonyl (C=O) groups excluding carboxylic acids is 1. The van der Waals surface area contributed by atoms with Gasteiger partial charge in [-0.1, -0.05) is 18.6 Å². The molecule has 0 aliphatic carbocycles. The van der Waals surface area contributed by atoms with E-state index in [1.165, 1.54) is 4.31 Å². The minimum atomic E-state index is -3.61. The van der Waals surface area contributed by atoms with Crippen LogP contribution in [0, 0.1) is 0 Å². The summed E-state index contributed by atoms with van der Waals surface area (Å²) in [4.78, 5) is 17.0. The zero-order valence-corrected chi connectivity index (χ0v) is 15.0. The SMILES string of the molecule is CN1CCN(C(=O)c2ccccc2S(=O)(=O)N2CCCCC2)CC1. The molecule has 6 nitrogen and oxygen atoms in total. The van der Waals surface area contributed by atoms with Crippen LogP contribution in [-0.2, 0) is 10.0 Å². The summed E-state index contributed by atoms with van der Waals surface area (Å²) in [5.41, 5.74) is 0.299. The van der Waals surface area contributed by atoms with E-state index in [-0.39, 0.29) is 10.8 Å². The Bertz CT molecular complexity index is 691. The second kappa shape index (κ2) is 7.21. The van der Waals surface area contributed by atoms with Crippen molar-refractivity contribution in [3.63, 3.8) is 0 Å². The van der Waals surface area contributed by atoms with E-state index in [0.717, 1.165) is 32.4 Å². The molecule has 2 fully saturated rings. The van der Waals surface area contributed by atoms with Gasteiger partial charge in [0.05, 0.1) is 10.5 Å². The van der Waals surface area contributed by atoms with E-state index in [1.54, 1.807) is 29.2 Å². The first-order valence-electron chi connectivity index (χ1n) is 8.57. The Morgan fingerprint density at radius 2 is 1.54 bits per heavy atom. The van der Waals surface area contributed by atoms with Crippen LogP contribution in [0.5, 0.6) is 0 Å². The first-order valence-corrected chi connectivity index (χ1v) is 10.0. The lowest BCUT2D eigenvalue weighted by atomic mass is 10.2. The van der Waals surface area contributed by atoms with Gasteiger partial charge < -0.3 is 9.80 Å². The molecule has 0 unspecified atom stereocenters. The number of benzene rings is 1. The maximum Gasteiger partial charge on any atom is 0.255 e. The standard InChI is InChI=1S/C17H25N3O3S/c1-18-11-13-19(14-12-18)17(21)15-7-3-4-8-16(15)24(22,23)20-9-5-2-6-10-20/h3-4,7-8H,2,5-6,9-14H2,1H3. The highest BCUT2D eigenvalue weighted by Gasteiger charge is 2.31. The van der Waals surface area contributed by atoms with Gasteiger partial charge in [-0.15, -0.1) is 0 Å². The van der Waals surface area contributed by atoms with Crippen LogP contribution < -0.4 is 0 Å². The number of amides is 1. The topological polar surface area (TPSA) is 60.9 Å². The van der Waals surface area contributed by atoms with Gasteiger partial charge in [-0.3, -0.25) is 4.79 Å². The van der Waals surface area contributed by atoms with Crippen LogP contribution in [0.25, 0.3) is 0 Å². The average Bonchev–Trinajstić information content (AvgIpc) is 2.62. The molecule has 1 aromatic rings. The number of piperidine rings is 1. The molecule has 2 aliphatic rings. The van der Waals surface area contributed by atoms with Gasteiger partial charge in [0.15, 0.2) is 0 Å². The van der Waals surface area contributed by atoms with Crippen LogP contribution in [0.1, 0.15) is 29.6 Å². The number of carbonyl (C=O) groups is 1. The third kappa shape index (κ3) is 3.48. The van der Waals surface area contributed by atoms with Gasteiger partial charge in [-0.25, -0.2) is 8.42 Å². The fourth-order valence-corrected chi connectivity index (χ4v) is 4.99. The molecule has 1 aromatic carbocycles. The quantitative estimate of drug-likeness (QED) is 0.822. The Morgan fingerprint density at radius 3 is 2.21 bits per heavy atom. The Morgan fingerprint density at radius 1 is 0.917 bits per heavy atom. The number of likely N-dealkylation sites (N-methyl/N-ethyl adjacent to an activating group) is 1. The Labute approximate surface area is 144 Å². The molecule has 0 spiro atoms. The van der Waals surface area contributed by atoms with Crippen molar-refractivity contribution < 1.29 is 13.2 Å². The van der Waals surface area contributed by atoms with Gasteiger partial charge in [0.2, 0.25) is 10.0 Å². The molecule has 0 bridgehead atoms. The molecule has 7 heteroatoms. The molecular weight excluding hydrogens is 326 g/mol. The Hall–Kier alpha value is -1.44. The van der Waals surface area contributed by atoms with E-state index in [2.05, 4.69) is 4.90 Å². The zero-order chi connectivity index (χ0) is 17.2. The highest BCUT2D eigenvalue weighted by Crippen LogP contribution is 2.24. The summed E-state index contributed by atoms with van der Waals surface area (Å²) in [5.74, 6) is -0.181. The molecule has 2 heterocycles. The molecule has 2 aliphatic heterocycles. The summed E-state index contributed by atoms with van der Waals surface area (Å²) in [6.07, 6.45) is 2.83. The molecular formula is C17H25N3O3S. The molecule has 24 heavy (non-hydrogen) atoms. The lowest BCUT2D eigenvalue weighted by molar-refractivity contribution is 0.0660. The van der Waals surface area contributed by atoms with Gasteiger partial charge in [-0.2, -0.15) is 4.31 Å². The molecule has 0 atom stereocenters. The molecule has 0 saturated carbocycles. The van der Waals surface area contributed by atoms with Crippen LogP contribution in [0.2, 0.25) is 0 Å². The maximum atomic E-state index is 13.0. The van der Waals surface area contributed by atoms with Crippen molar-refractivity contribution in [3.8, 4) is 0 Å². The van der Waals surface area contributed by atoms with E-state index in [1.807, 2.05) is 7.05 Å². The van der Waals surface area contributed by atoms with Crippen LogP contribution >= 0.6 is 0 Å². The molecule has 0 radical (unpaired) electrons. The van der Waals surface area contributed by atoms with E-state index >= 15 is 0 Å². The van der Waals surface area contributed by atoms with Crippen molar-refractivity contribution >= 4 is 15.9 Å². The van der Waals surface area contributed by atoms with Crippen molar-refractivity contribution in [1.82, 2.24) is 14.1 Å². The fourth-order valence-electron chi connectivity index (χ4n) is 3.29. The summed E-state index contributed by atoms with van der Waals surface area (Å²) >= 11 is 0.